The molecule has 0 unspecified atom stereocenters. The highest BCUT2D eigenvalue weighted by Crippen LogP contribution is 2.43. The number of rotatable bonds is 7. The lowest BCUT2D eigenvalue weighted by Crippen LogP contribution is -2.46. The van der Waals surface area contributed by atoms with E-state index in [9.17, 15) is 13.2 Å². The summed E-state index contributed by atoms with van der Waals surface area (Å²) in [5.74, 6) is 1.88. The molecule has 0 saturated carbocycles. The van der Waals surface area contributed by atoms with Crippen LogP contribution in [0.4, 0.5) is 24.7 Å². The van der Waals surface area contributed by atoms with Crippen molar-refractivity contribution in [2.45, 2.75) is 51.7 Å². The molecule has 0 radical (unpaired) electrons. The number of anilines is 2. The highest BCUT2D eigenvalue weighted by atomic mass is 32.2. The first-order chi connectivity index (χ1) is 17.8. The fraction of sp³-hybridized carbons (Fsp3) is 0.500. The Kier molecular flexibility index (Phi) is 7.81. The number of aromatic nitrogens is 2. The van der Waals surface area contributed by atoms with Gasteiger partial charge in [0.2, 0.25) is 0 Å². The van der Waals surface area contributed by atoms with Crippen LogP contribution in [-0.2, 0) is 13.0 Å². The summed E-state index contributed by atoms with van der Waals surface area (Å²) in [6, 6.07) is 13.6. The molecule has 2 aromatic carbocycles. The first kappa shape index (κ1) is 26.1. The maximum atomic E-state index is 12.8. The quantitative estimate of drug-likeness (QED) is 0.344. The predicted octanol–water partition coefficient (Wildman–Crippen LogP) is 6.70. The molecule has 2 saturated heterocycles. The van der Waals surface area contributed by atoms with Gasteiger partial charge in [0.15, 0.2) is 0 Å². The summed E-state index contributed by atoms with van der Waals surface area (Å²) < 4.78 is 41.8. The van der Waals surface area contributed by atoms with Crippen molar-refractivity contribution in [1.29, 1.82) is 0 Å². The summed E-state index contributed by atoms with van der Waals surface area (Å²) >= 11 is 1.71. The lowest BCUT2D eigenvalue weighted by atomic mass is 9.71. The van der Waals surface area contributed by atoms with Gasteiger partial charge in [0.1, 0.15) is 12.1 Å². The summed E-state index contributed by atoms with van der Waals surface area (Å²) in [4.78, 5) is 13.6. The molecule has 0 bridgehead atoms. The summed E-state index contributed by atoms with van der Waals surface area (Å²) in [5.41, 5.74) is 3.69. The monoisotopic (exact) mass is 529 g/mol. The van der Waals surface area contributed by atoms with Crippen molar-refractivity contribution in [3.63, 3.8) is 0 Å². The average molecular weight is 530 g/mol. The first-order valence-corrected chi connectivity index (χ1v) is 14.1. The number of piperidine rings is 2. The minimum atomic E-state index is -4.23. The molecular formula is C28H34F3N5S. The van der Waals surface area contributed by atoms with Crippen molar-refractivity contribution < 1.29 is 13.2 Å². The molecule has 9 heteroatoms. The SMILES string of the molecule is CCSNc1ccc(CN2CCC3(CC2)CCN(c2ncnc4cc(CC(F)(F)F)ccc24)CC3)cc1. The van der Waals surface area contributed by atoms with Gasteiger partial charge in [0.05, 0.1) is 11.9 Å². The van der Waals surface area contributed by atoms with Crippen molar-refractivity contribution in [2.24, 2.45) is 5.41 Å². The minimum absolute atomic E-state index is 0.233. The summed E-state index contributed by atoms with van der Waals surface area (Å²) in [5, 5.41) is 0.828. The van der Waals surface area contributed by atoms with Gasteiger partial charge >= 0.3 is 6.18 Å². The predicted molar refractivity (Wildman–Crippen MR) is 146 cm³/mol. The van der Waals surface area contributed by atoms with Gasteiger partial charge in [-0.25, -0.2) is 9.97 Å². The standard InChI is InChI=1S/C28H34F3N5S/c1-2-37-34-23-6-3-21(4-7-23)19-35-13-9-27(10-14-35)11-15-36(16-12-27)26-24-8-5-22(18-28(29,30)31)17-25(24)32-20-33-26/h3-8,17,20,34H,2,9-16,18-19H2,1H3. The Morgan fingerprint density at radius 3 is 2.27 bits per heavy atom. The molecule has 5 rings (SSSR count). The van der Waals surface area contributed by atoms with E-state index in [4.69, 9.17) is 0 Å². The third-order valence-corrected chi connectivity index (χ3v) is 8.49. The van der Waals surface area contributed by atoms with Crippen molar-refractivity contribution >= 4 is 34.4 Å². The Morgan fingerprint density at radius 2 is 1.59 bits per heavy atom. The third-order valence-electron chi connectivity index (χ3n) is 7.82. The molecule has 0 amide bonds. The Morgan fingerprint density at radius 1 is 0.919 bits per heavy atom. The van der Waals surface area contributed by atoms with E-state index in [0.717, 1.165) is 68.2 Å². The van der Waals surface area contributed by atoms with E-state index in [-0.39, 0.29) is 5.56 Å². The fourth-order valence-corrected chi connectivity index (χ4v) is 6.10. The second-order valence-corrected chi connectivity index (χ2v) is 11.4. The van der Waals surface area contributed by atoms with Crippen molar-refractivity contribution in [2.75, 3.05) is 41.6 Å². The molecule has 2 aliphatic rings. The van der Waals surface area contributed by atoms with Crippen molar-refractivity contribution in [3.8, 4) is 0 Å². The number of alkyl halides is 3. The fourth-order valence-electron chi connectivity index (χ4n) is 5.65. The smallest absolute Gasteiger partial charge is 0.356 e. The molecule has 37 heavy (non-hydrogen) atoms. The number of hydrogen-bond acceptors (Lipinski definition) is 6. The zero-order chi connectivity index (χ0) is 25.9. The maximum absolute atomic E-state index is 12.8. The Bertz CT molecular complexity index is 1180. The van der Waals surface area contributed by atoms with Gasteiger partial charge in [-0.1, -0.05) is 37.1 Å². The number of nitrogens with one attached hydrogen (secondary N) is 1. The van der Waals surface area contributed by atoms with Gasteiger partial charge in [-0.3, -0.25) is 4.90 Å². The summed E-state index contributed by atoms with van der Waals surface area (Å²) in [7, 11) is 0. The topological polar surface area (TPSA) is 44.3 Å². The zero-order valence-corrected chi connectivity index (χ0v) is 22.0. The van der Waals surface area contributed by atoms with Crippen molar-refractivity contribution in [1.82, 2.24) is 14.9 Å². The van der Waals surface area contributed by atoms with Crippen molar-refractivity contribution in [3.05, 3.63) is 59.9 Å². The molecule has 1 N–H and O–H groups in total. The van der Waals surface area contributed by atoms with E-state index in [1.54, 1.807) is 30.1 Å². The highest BCUT2D eigenvalue weighted by Gasteiger charge is 2.38. The van der Waals surface area contributed by atoms with Crippen LogP contribution >= 0.6 is 11.9 Å². The number of nitrogens with zero attached hydrogens (tertiary/aromatic N) is 4. The number of fused-ring (bicyclic) bond motifs is 1. The van der Waals surface area contributed by atoms with Gasteiger partial charge in [-0.15, -0.1) is 0 Å². The zero-order valence-electron chi connectivity index (χ0n) is 21.2. The minimum Gasteiger partial charge on any atom is -0.356 e. The highest BCUT2D eigenvalue weighted by molar-refractivity contribution is 8.00. The molecule has 0 aliphatic carbocycles. The molecule has 198 valence electrons. The number of benzene rings is 2. The van der Waals surface area contributed by atoms with Crippen LogP contribution in [0.2, 0.25) is 0 Å². The number of hydrogen-bond donors (Lipinski definition) is 1. The van der Waals surface area contributed by atoms with E-state index >= 15 is 0 Å². The van der Waals surface area contributed by atoms with Gasteiger partial charge in [0.25, 0.3) is 0 Å². The van der Waals surface area contributed by atoms with Crippen LogP contribution < -0.4 is 9.62 Å². The molecule has 1 spiro atoms. The van der Waals surface area contributed by atoms with Gasteiger partial charge < -0.3 is 9.62 Å². The van der Waals surface area contributed by atoms with E-state index in [1.165, 1.54) is 24.7 Å². The van der Waals surface area contributed by atoms with Crippen LogP contribution in [0.5, 0.6) is 0 Å². The average Bonchev–Trinajstić information content (AvgIpc) is 2.89. The number of likely N-dealkylation sites (tertiary alicyclic amines) is 1. The van der Waals surface area contributed by atoms with Gasteiger partial charge in [-0.2, -0.15) is 13.2 Å². The van der Waals surface area contributed by atoms with Crippen LogP contribution in [0.15, 0.2) is 48.8 Å². The van der Waals surface area contributed by atoms with E-state index in [0.29, 0.717) is 10.9 Å². The second-order valence-electron chi connectivity index (χ2n) is 10.3. The molecule has 5 nitrogen and oxygen atoms in total. The molecule has 1 aromatic heterocycles. The van der Waals surface area contributed by atoms with E-state index < -0.39 is 12.6 Å². The Hall–Kier alpha value is -2.52. The van der Waals surface area contributed by atoms with E-state index in [1.807, 2.05) is 0 Å². The van der Waals surface area contributed by atoms with Crippen LogP contribution in [0.1, 0.15) is 43.7 Å². The number of halogens is 3. The lowest BCUT2D eigenvalue weighted by Gasteiger charge is -2.47. The summed E-state index contributed by atoms with van der Waals surface area (Å²) in [6.45, 7) is 7.19. The van der Waals surface area contributed by atoms with Gasteiger partial charge in [0, 0.05) is 36.5 Å². The van der Waals surface area contributed by atoms with Gasteiger partial charge in [-0.05, 0) is 79.6 Å². The molecule has 3 aromatic rings. The van der Waals surface area contributed by atoms with Crippen LogP contribution in [0.25, 0.3) is 10.9 Å². The lowest BCUT2D eigenvalue weighted by molar-refractivity contribution is -0.127. The summed E-state index contributed by atoms with van der Waals surface area (Å²) in [6.07, 6.45) is 0.963. The molecule has 2 aliphatic heterocycles. The van der Waals surface area contributed by atoms with Crippen LogP contribution in [0, 0.1) is 5.41 Å². The molecule has 3 heterocycles. The third kappa shape index (κ3) is 6.49. The molecule has 0 atom stereocenters. The van der Waals surface area contributed by atoms with Crippen LogP contribution in [-0.4, -0.2) is 53.0 Å². The van der Waals surface area contributed by atoms with E-state index in [2.05, 4.69) is 55.7 Å². The normalized spacial score (nSPS) is 18.4. The Balaban J connectivity index is 1.16. The molecular weight excluding hydrogens is 495 g/mol. The molecule has 2 fully saturated rings. The largest absolute Gasteiger partial charge is 0.393 e. The first-order valence-electron chi connectivity index (χ1n) is 13.1. The maximum Gasteiger partial charge on any atom is 0.393 e. The Labute approximate surface area is 221 Å². The van der Waals surface area contributed by atoms with Crippen LogP contribution in [0.3, 0.4) is 0 Å². The second kappa shape index (κ2) is 11.1.